The highest BCUT2D eigenvalue weighted by Gasteiger charge is 2.13. The summed E-state index contributed by atoms with van der Waals surface area (Å²) in [6.45, 7) is 3.49. The first-order valence-electron chi connectivity index (χ1n) is 3.99. The van der Waals surface area contributed by atoms with Gasteiger partial charge in [-0.05, 0) is 12.1 Å². The molecule has 0 bridgehead atoms. The third kappa shape index (κ3) is 3.22. The van der Waals surface area contributed by atoms with E-state index in [0.29, 0.717) is 6.16 Å². The second-order valence-electron chi connectivity index (χ2n) is 2.49. The van der Waals surface area contributed by atoms with E-state index in [1.807, 2.05) is 0 Å². The molecule has 0 spiro atoms. The van der Waals surface area contributed by atoms with Crippen molar-refractivity contribution < 1.29 is 12.4 Å². The molecule has 0 N–H and O–H groups in total. The van der Waals surface area contributed by atoms with Gasteiger partial charge in [0.25, 0.3) is 10.1 Å². The molecule has 1 aromatic carbocycles. The Balaban J connectivity index is 2.72. The molecule has 76 valence electrons. The number of allylic oxidation sites excluding steroid dienone is 1. The highest BCUT2D eigenvalue weighted by molar-refractivity contribution is 7.89. The normalized spacial score (nSPS) is 12.0. The smallest absolute Gasteiger partial charge is 0.247 e. The first kappa shape index (κ1) is 11.4. The molecule has 1 aromatic rings. The van der Waals surface area contributed by atoms with E-state index in [4.69, 9.17) is 3.97 Å². The van der Waals surface area contributed by atoms with E-state index >= 15 is 0 Å². The zero-order chi connectivity index (χ0) is 10.4. The largest absolute Gasteiger partial charge is 0.299 e. The Morgan fingerprint density at radius 1 is 1.36 bits per heavy atom. The van der Waals surface area contributed by atoms with Gasteiger partial charge in [-0.1, -0.05) is 24.3 Å². The second kappa shape index (κ2) is 5.25. The van der Waals surface area contributed by atoms with Gasteiger partial charge in [-0.2, -0.15) is 8.42 Å². The zero-order valence-corrected chi connectivity index (χ0v) is 9.33. The fraction of sp³-hybridized carbons (Fsp3) is 0.111. The van der Waals surface area contributed by atoms with Crippen molar-refractivity contribution in [3.63, 3.8) is 0 Å². The quantitative estimate of drug-likeness (QED) is 0.442. The zero-order valence-electron chi connectivity index (χ0n) is 7.51. The maximum absolute atomic E-state index is 11.5. The maximum Gasteiger partial charge on any atom is 0.299 e. The molecule has 0 radical (unpaired) electrons. The van der Waals surface area contributed by atoms with E-state index in [0.717, 1.165) is 0 Å². The number of benzene rings is 1. The Morgan fingerprint density at radius 2 is 2.00 bits per heavy atom. The van der Waals surface area contributed by atoms with E-state index in [-0.39, 0.29) is 13.7 Å². The fourth-order valence-corrected chi connectivity index (χ4v) is 2.69. The summed E-state index contributed by atoms with van der Waals surface area (Å²) in [5.74, 6) is 0. The molecule has 3 nitrogen and oxygen atoms in total. The lowest BCUT2D eigenvalue weighted by atomic mass is 10.4. The molecule has 0 amide bonds. The van der Waals surface area contributed by atoms with Gasteiger partial charge in [0.15, 0.2) is 0 Å². The van der Waals surface area contributed by atoms with Crippen molar-refractivity contribution >= 4 is 18.9 Å². The van der Waals surface area contributed by atoms with Gasteiger partial charge in [0.2, 0.25) is 0 Å². The van der Waals surface area contributed by atoms with Crippen LogP contribution in [0.5, 0.6) is 0 Å². The van der Waals surface area contributed by atoms with Crippen molar-refractivity contribution in [1.82, 2.24) is 0 Å². The van der Waals surface area contributed by atoms with Gasteiger partial charge in [0, 0.05) is 15.0 Å². The van der Waals surface area contributed by atoms with Crippen LogP contribution in [0.3, 0.4) is 0 Å². The summed E-state index contributed by atoms with van der Waals surface area (Å²) < 4.78 is 27.7. The Bertz CT molecular complexity index is 386. The van der Waals surface area contributed by atoms with E-state index < -0.39 is 10.1 Å². The van der Waals surface area contributed by atoms with Crippen molar-refractivity contribution in [2.45, 2.75) is 4.90 Å². The van der Waals surface area contributed by atoms with Crippen molar-refractivity contribution in [3.8, 4) is 0 Å². The predicted octanol–water partition coefficient (Wildman–Crippen LogP) is 2.17. The van der Waals surface area contributed by atoms with Crippen LogP contribution in [0.15, 0.2) is 47.9 Å². The Hall–Kier alpha value is -0.700. The van der Waals surface area contributed by atoms with E-state index in [2.05, 4.69) is 6.58 Å². The third-order valence-corrected chi connectivity index (χ3v) is 4.08. The minimum absolute atomic E-state index is 0.0969. The van der Waals surface area contributed by atoms with E-state index in [9.17, 15) is 8.42 Å². The summed E-state index contributed by atoms with van der Waals surface area (Å²) in [6, 6.07) is 8.09. The molecule has 0 aliphatic heterocycles. The van der Waals surface area contributed by atoms with Crippen LogP contribution in [0.4, 0.5) is 0 Å². The lowest BCUT2D eigenvalue weighted by molar-refractivity contribution is 0.514. The van der Waals surface area contributed by atoms with Gasteiger partial charge in [0.05, 0.1) is 4.90 Å². The van der Waals surface area contributed by atoms with Gasteiger partial charge in [-0.25, -0.2) is 3.97 Å². The molecule has 0 aliphatic rings. The van der Waals surface area contributed by atoms with Crippen molar-refractivity contribution in [2.24, 2.45) is 0 Å². The third-order valence-electron chi connectivity index (χ3n) is 1.43. The van der Waals surface area contributed by atoms with Gasteiger partial charge in [0.1, 0.15) is 0 Å². The second-order valence-corrected chi connectivity index (χ2v) is 5.23. The number of rotatable bonds is 5. The van der Waals surface area contributed by atoms with Gasteiger partial charge < -0.3 is 0 Å². The monoisotopic (exact) mass is 230 g/mol. The number of hydrogen-bond acceptors (Lipinski definition) is 3. The van der Waals surface area contributed by atoms with Crippen molar-refractivity contribution in [3.05, 3.63) is 43.0 Å². The van der Waals surface area contributed by atoms with E-state index in [1.165, 1.54) is 12.1 Å². The minimum atomic E-state index is -3.57. The predicted molar refractivity (Wildman–Crippen MR) is 58.1 cm³/mol. The first-order valence-corrected chi connectivity index (χ1v) is 6.51. The molecular formula is C9H11O3PS. The van der Waals surface area contributed by atoms with Crippen molar-refractivity contribution in [1.29, 1.82) is 0 Å². The summed E-state index contributed by atoms with van der Waals surface area (Å²) in [4.78, 5) is 0.191. The number of hydrogen-bond donors (Lipinski definition) is 0. The maximum atomic E-state index is 11.5. The fourth-order valence-electron chi connectivity index (χ4n) is 0.806. The molecule has 0 aliphatic carbocycles. The van der Waals surface area contributed by atoms with Crippen LogP contribution in [0.1, 0.15) is 0 Å². The lowest BCUT2D eigenvalue weighted by Gasteiger charge is -2.02. The Kier molecular flexibility index (Phi) is 4.26. The van der Waals surface area contributed by atoms with Crippen LogP contribution >= 0.6 is 8.81 Å². The molecule has 1 atom stereocenters. The summed E-state index contributed by atoms with van der Waals surface area (Å²) in [6.07, 6.45) is 2.17. The molecular weight excluding hydrogens is 219 g/mol. The van der Waals surface area contributed by atoms with Crippen LogP contribution in [-0.4, -0.2) is 14.6 Å². The van der Waals surface area contributed by atoms with Gasteiger partial charge >= 0.3 is 0 Å². The lowest BCUT2D eigenvalue weighted by Crippen LogP contribution is -2.00. The summed E-state index contributed by atoms with van der Waals surface area (Å²) >= 11 is 0. The molecule has 0 aromatic heterocycles. The average Bonchev–Trinajstić information content (AvgIpc) is 2.19. The van der Waals surface area contributed by atoms with Crippen LogP contribution < -0.4 is 0 Å². The standard InChI is InChI=1S/C9H11O3PS/c1-2-8-13-12-14(10,11)9-6-4-3-5-7-9/h2-7,13H,1,8H2. The van der Waals surface area contributed by atoms with Crippen LogP contribution in [0.25, 0.3) is 0 Å². The molecule has 0 saturated carbocycles. The molecule has 0 saturated heterocycles. The summed E-state index contributed by atoms with van der Waals surface area (Å²) in [5, 5.41) is 0. The summed E-state index contributed by atoms with van der Waals surface area (Å²) in [7, 11) is -3.66. The summed E-state index contributed by atoms with van der Waals surface area (Å²) in [5.41, 5.74) is 0. The molecule has 1 rings (SSSR count). The molecule has 0 fully saturated rings. The molecule has 0 heterocycles. The molecule has 5 heteroatoms. The van der Waals surface area contributed by atoms with Crippen LogP contribution in [0.2, 0.25) is 0 Å². The molecule has 1 unspecified atom stereocenters. The highest BCUT2D eigenvalue weighted by Crippen LogP contribution is 2.21. The Labute approximate surface area is 85.8 Å². The van der Waals surface area contributed by atoms with Gasteiger partial charge in [-0.15, -0.1) is 6.58 Å². The average molecular weight is 230 g/mol. The minimum Gasteiger partial charge on any atom is -0.247 e. The highest BCUT2D eigenvalue weighted by atomic mass is 32.2. The van der Waals surface area contributed by atoms with Crippen LogP contribution in [-0.2, 0) is 14.1 Å². The van der Waals surface area contributed by atoms with Gasteiger partial charge in [-0.3, -0.25) is 0 Å². The first-order chi connectivity index (χ1) is 6.67. The Morgan fingerprint density at radius 3 is 2.57 bits per heavy atom. The molecule has 14 heavy (non-hydrogen) atoms. The van der Waals surface area contributed by atoms with Crippen LogP contribution in [0, 0.1) is 0 Å². The topological polar surface area (TPSA) is 43.4 Å². The van der Waals surface area contributed by atoms with Crippen molar-refractivity contribution in [2.75, 3.05) is 6.16 Å². The SMILES string of the molecule is C=CCPOS(=O)(=O)c1ccccc1. The van der Waals surface area contributed by atoms with E-state index in [1.54, 1.807) is 24.3 Å².